The zero-order chi connectivity index (χ0) is 18.3. The van der Waals surface area contributed by atoms with Gasteiger partial charge in [-0.15, -0.1) is 0 Å². The van der Waals surface area contributed by atoms with E-state index in [0.29, 0.717) is 22.5 Å². The summed E-state index contributed by atoms with van der Waals surface area (Å²) >= 11 is 7.69. The Bertz CT molecular complexity index is 972. The number of nitrogen functional groups attached to an aromatic ring is 1. The zero-order valence-corrected chi connectivity index (χ0v) is 16.5. The van der Waals surface area contributed by atoms with E-state index in [1.54, 1.807) is 11.8 Å². The van der Waals surface area contributed by atoms with Crippen molar-refractivity contribution in [2.45, 2.75) is 44.2 Å². The third-order valence-electron chi connectivity index (χ3n) is 4.92. The minimum atomic E-state index is 0.424. The maximum Gasteiger partial charge on any atom is 0.191 e. The standard InChI is InChI=1S/C20H21ClN4S/c1-3-26-20-24-18(22)16-15(12-7-9-13(21)10-8-12)14-6-4-5-11(2)17(14)23-19(16)25-20/h7-11H,3-6H2,1-2H3,(H2,22,23,24,25). The van der Waals surface area contributed by atoms with Crippen molar-refractivity contribution in [3.05, 3.63) is 40.5 Å². The topological polar surface area (TPSA) is 64.7 Å². The van der Waals surface area contributed by atoms with Crippen molar-refractivity contribution < 1.29 is 0 Å². The van der Waals surface area contributed by atoms with Crippen molar-refractivity contribution in [1.82, 2.24) is 15.0 Å². The van der Waals surface area contributed by atoms with Crippen LogP contribution in [-0.4, -0.2) is 20.7 Å². The van der Waals surface area contributed by atoms with Gasteiger partial charge in [-0.2, -0.15) is 0 Å². The number of pyridine rings is 1. The van der Waals surface area contributed by atoms with Crippen LogP contribution in [0.3, 0.4) is 0 Å². The summed E-state index contributed by atoms with van der Waals surface area (Å²) in [4.78, 5) is 14.2. The summed E-state index contributed by atoms with van der Waals surface area (Å²) in [5, 5.41) is 2.27. The van der Waals surface area contributed by atoms with Crippen LogP contribution < -0.4 is 5.73 Å². The van der Waals surface area contributed by atoms with Gasteiger partial charge in [0.2, 0.25) is 0 Å². The van der Waals surface area contributed by atoms with Gasteiger partial charge in [-0.1, -0.05) is 49.3 Å². The third-order valence-corrected chi connectivity index (χ3v) is 5.90. The monoisotopic (exact) mass is 384 g/mol. The highest BCUT2D eigenvalue weighted by Crippen LogP contribution is 2.41. The molecular weight excluding hydrogens is 364 g/mol. The molecule has 134 valence electrons. The molecule has 1 aliphatic rings. The number of benzene rings is 1. The molecule has 0 saturated carbocycles. The molecule has 6 heteroatoms. The van der Waals surface area contributed by atoms with Crippen molar-refractivity contribution in [3.8, 4) is 11.1 Å². The number of aromatic nitrogens is 3. The van der Waals surface area contributed by atoms with Crippen LogP contribution in [0.25, 0.3) is 22.2 Å². The van der Waals surface area contributed by atoms with Crippen molar-refractivity contribution in [2.75, 3.05) is 11.5 Å². The molecule has 0 spiro atoms. The lowest BCUT2D eigenvalue weighted by Crippen LogP contribution is -2.13. The van der Waals surface area contributed by atoms with E-state index in [4.69, 9.17) is 27.3 Å². The van der Waals surface area contributed by atoms with Crippen LogP contribution in [-0.2, 0) is 6.42 Å². The van der Waals surface area contributed by atoms with Crippen LogP contribution in [0, 0.1) is 0 Å². The average molecular weight is 385 g/mol. The molecule has 0 bridgehead atoms. The van der Waals surface area contributed by atoms with E-state index >= 15 is 0 Å². The fourth-order valence-electron chi connectivity index (χ4n) is 3.74. The molecule has 3 aromatic rings. The lowest BCUT2D eigenvalue weighted by atomic mass is 9.82. The van der Waals surface area contributed by atoms with Gasteiger partial charge in [0.25, 0.3) is 0 Å². The second kappa shape index (κ2) is 7.05. The maximum absolute atomic E-state index is 6.39. The largest absolute Gasteiger partial charge is 0.383 e. The average Bonchev–Trinajstić information content (AvgIpc) is 2.62. The first-order chi connectivity index (χ1) is 12.6. The second-order valence-electron chi connectivity index (χ2n) is 6.67. The summed E-state index contributed by atoms with van der Waals surface area (Å²) in [5.74, 6) is 1.83. The molecule has 0 amide bonds. The van der Waals surface area contributed by atoms with E-state index in [0.717, 1.165) is 52.2 Å². The van der Waals surface area contributed by atoms with E-state index in [2.05, 4.69) is 18.8 Å². The molecule has 2 aromatic heterocycles. The van der Waals surface area contributed by atoms with Crippen molar-refractivity contribution >= 4 is 40.2 Å². The highest BCUT2D eigenvalue weighted by atomic mass is 35.5. The molecule has 4 nitrogen and oxygen atoms in total. The quantitative estimate of drug-likeness (QED) is 0.478. The molecule has 0 aliphatic heterocycles. The predicted octanol–water partition coefficient (Wildman–Crippen LogP) is 5.48. The summed E-state index contributed by atoms with van der Waals surface area (Å²) in [6.07, 6.45) is 3.32. The molecule has 26 heavy (non-hydrogen) atoms. The van der Waals surface area contributed by atoms with Gasteiger partial charge in [0.1, 0.15) is 5.82 Å². The van der Waals surface area contributed by atoms with E-state index < -0.39 is 0 Å². The first-order valence-corrected chi connectivity index (χ1v) is 10.3. The molecule has 2 heterocycles. The molecule has 0 fully saturated rings. The summed E-state index contributed by atoms with van der Waals surface area (Å²) in [7, 11) is 0. The lowest BCUT2D eigenvalue weighted by molar-refractivity contribution is 0.576. The van der Waals surface area contributed by atoms with Crippen molar-refractivity contribution in [3.63, 3.8) is 0 Å². The molecule has 0 saturated heterocycles. The van der Waals surface area contributed by atoms with Crippen LogP contribution >= 0.6 is 23.4 Å². The Hall–Kier alpha value is -1.85. The van der Waals surface area contributed by atoms with Crippen LogP contribution in [0.1, 0.15) is 43.9 Å². The summed E-state index contributed by atoms with van der Waals surface area (Å²) in [5.41, 5.74) is 11.7. The fraction of sp³-hybridized carbons (Fsp3) is 0.350. The SMILES string of the molecule is CCSc1nc(N)c2c(-c3ccc(Cl)cc3)c3c(nc2n1)C(C)CCC3. The fourth-order valence-corrected chi connectivity index (χ4v) is 4.44. The Labute approximate surface area is 162 Å². The van der Waals surface area contributed by atoms with Gasteiger partial charge in [-0.3, -0.25) is 0 Å². The van der Waals surface area contributed by atoms with Gasteiger partial charge in [-0.05, 0) is 54.2 Å². The third kappa shape index (κ3) is 3.03. The number of nitrogens with zero attached hydrogens (tertiary/aromatic N) is 3. The number of nitrogens with two attached hydrogens (primary N) is 1. The van der Waals surface area contributed by atoms with Crippen molar-refractivity contribution in [2.24, 2.45) is 0 Å². The first-order valence-electron chi connectivity index (χ1n) is 8.97. The minimum Gasteiger partial charge on any atom is -0.383 e. The molecule has 2 N–H and O–H groups in total. The van der Waals surface area contributed by atoms with Crippen LogP contribution in [0.15, 0.2) is 29.4 Å². The smallest absolute Gasteiger partial charge is 0.191 e. The van der Waals surface area contributed by atoms with E-state index in [9.17, 15) is 0 Å². The molecular formula is C20H21ClN4S. The van der Waals surface area contributed by atoms with Gasteiger partial charge in [0, 0.05) is 16.3 Å². The summed E-state index contributed by atoms with van der Waals surface area (Å²) < 4.78 is 0. The number of hydrogen-bond donors (Lipinski definition) is 1. The molecule has 1 atom stereocenters. The van der Waals surface area contributed by atoms with Crippen LogP contribution in [0.4, 0.5) is 5.82 Å². The Balaban J connectivity index is 2.07. The number of fused-ring (bicyclic) bond motifs is 2. The Morgan fingerprint density at radius 2 is 1.96 bits per heavy atom. The highest BCUT2D eigenvalue weighted by molar-refractivity contribution is 7.99. The molecule has 1 aliphatic carbocycles. The van der Waals surface area contributed by atoms with Gasteiger partial charge >= 0.3 is 0 Å². The van der Waals surface area contributed by atoms with E-state index in [1.807, 2.05) is 24.3 Å². The maximum atomic E-state index is 6.39. The minimum absolute atomic E-state index is 0.424. The Morgan fingerprint density at radius 1 is 1.19 bits per heavy atom. The van der Waals surface area contributed by atoms with Gasteiger partial charge in [0.05, 0.1) is 5.39 Å². The lowest BCUT2D eigenvalue weighted by Gasteiger charge is -2.25. The van der Waals surface area contributed by atoms with Crippen molar-refractivity contribution in [1.29, 1.82) is 0 Å². The number of hydrogen-bond acceptors (Lipinski definition) is 5. The molecule has 0 radical (unpaired) electrons. The predicted molar refractivity (Wildman–Crippen MR) is 110 cm³/mol. The number of thioether (sulfide) groups is 1. The number of rotatable bonds is 3. The Kier molecular flexibility index (Phi) is 4.76. The molecule has 1 aromatic carbocycles. The van der Waals surface area contributed by atoms with Crippen LogP contribution in [0.5, 0.6) is 0 Å². The van der Waals surface area contributed by atoms with Crippen LogP contribution in [0.2, 0.25) is 5.02 Å². The van der Waals surface area contributed by atoms with Gasteiger partial charge < -0.3 is 5.73 Å². The number of halogens is 1. The summed E-state index contributed by atoms with van der Waals surface area (Å²) in [6.45, 7) is 4.32. The summed E-state index contributed by atoms with van der Waals surface area (Å²) in [6, 6.07) is 7.93. The Morgan fingerprint density at radius 3 is 2.69 bits per heavy atom. The van der Waals surface area contributed by atoms with E-state index in [-0.39, 0.29) is 0 Å². The molecule has 4 rings (SSSR count). The zero-order valence-electron chi connectivity index (χ0n) is 14.9. The first kappa shape index (κ1) is 17.6. The number of anilines is 1. The normalized spacial score (nSPS) is 16.7. The second-order valence-corrected chi connectivity index (χ2v) is 8.34. The highest BCUT2D eigenvalue weighted by Gasteiger charge is 2.26. The molecule has 1 unspecified atom stereocenters. The van der Waals surface area contributed by atoms with Gasteiger partial charge in [0.15, 0.2) is 10.8 Å². The van der Waals surface area contributed by atoms with E-state index in [1.165, 1.54) is 5.56 Å². The van der Waals surface area contributed by atoms with Gasteiger partial charge in [-0.25, -0.2) is 15.0 Å².